The predicted octanol–water partition coefficient (Wildman–Crippen LogP) is 2.73. The van der Waals surface area contributed by atoms with Crippen LogP contribution in [0.5, 0.6) is 0 Å². The summed E-state index contributed by atoms with van der Waals surface area (Å²) in [5.41, 5.74) is 0.583. The van der Waals surface area contributed by atoms with Crippen molar-refractivity contribution in [3.05, 3.63) is 28.8 Å². The monoisotopic (exact) mass is 335 g/mol. The number of carbonyl (C=O) groups excluding carboxylic acids is 1. The third-order valence-corrected chi connectivity index (χ3v) is 5.41. The molecule has 0 atom stereocenters. The van der Waals surface area contributed by atoms with Crippen molar-refractivity contribution in [2.24, 2.45) is 5.92 Å². The minimum Gasteiger partial charge on any atom is -0.399 e. The number of rotatable bonds is 2. The summed E-state index contributed by atoms with van der Waals surface area (Å²) in [4.78, 5) is 14.2. The zero-order valence-electron chi connectivity index (χ0n) is 14.4. The van der Waals surface area contributed by atoms with E-state index in [9.17, 15) is 4.79 Å². The topological polar surface area (TPSA) is 38.8 Å². The van der Waals surface area contributed by atoms with Gasteiger partial charge >= 0.3 is 7.12 Å². The number of benzene rings is 1. The van der Waals surface area contributed by atoms with E-state index in [1.165, 1.54) is 0 Å². The van der Waals surface area contributed by atoms with E-state index in [2.05, 4.69) is 6.92 Å². The van der Waals surface area contributed by atoms with E-state index in [0.29, 0.717) is 16.5 Å². The van der Waals surface area contributed by atoms with Gasteiger partial charge in [-0.2, -0.15) is 0 Å². The van der Waals surface area contributed by atoms with Crippen molar-refractivity contribution in [2.45, 2.75) is 45.8 Å². The molecule has 0 saturated carbocycles. The smallest absolute Gasteiger partial charge is 0.399 e. The summed E-state index contributed by atoms with van der Waals surface area (Å²) < 4.78 is 12.0. The van der Waals surface area contributed by atoms with Crippen LogP contribution in [-0.2, 0) is 9.31 Å². The quantitative estimate of drug-likeness (QED) is 0.780. The molecule has 4 nitrogen and oxygen atoms in total. The largest absolute Gasteiger partial charge is 0.494 e. The minimum atomic E-state index is -0.467. The molecule has 2 aliphatic rings. The SMILES string of the molecule is CC1CN(C(=O)c2ccc(B3OC(C)(C)C(C)(C)O3)cc2Cl)C1. The van der Waals surface area contributed by atoms with Crippen molar-refractivity contribution in [1.29, 1.82) is 0 Å². The van der Waals surface area contributed by atoms with Crippen LogP contribution in [-0.4, -0.2) is 42.2 Å². The zero-order valence-corrected chi connectivity index (χ0v) is 15.1. The first-order valence-corrected chi connectivity index (χ1v) is 8.43. The van der Waals surface area contributed by atoms with Crippen molar-refractivity contribution in [2.75, 3.05) is 13.1 Å². The summed E-state index contributed by atoms with van der Waals surface area (Å²) in [5, 5.41) is 0.446. The van der Waals surface area contributed by atoms with Crippen LogP contribution in [0, 0.1) is 5.92 Å². The maximum absolute atomic E-state index is 12.4. The molecular weight excluding hydrogens is 312 g/mol. The fourth-order valence-electron chi connectivity index (χ4n) is 2.87. The first-order valence-electron chi connectivity index (χ1n) is 8.05. The molecule has 23 heavy (non-hydrogen) atoms. The lowest BCUT2D eigenvalue weighted by molar-refractivity contribution is 0.00578. The van der Waals surface area contributed by atoms with Crippen molar-refractivity contribution >= 4 is 30.1 Å². The highest BCUT2D eigenvalue weighted by molar-refractivity contribution is 6.62. The Morgan fingerprint density at radius 1 is 1.22 bits per heavy atom. The van der Waals surface area contributed by atoms with Gasteiger partial charge in [-0.15, -0.1) is 0 Å². The summed E-state index contributed by atoms with van der Waals surface area (Å²) in [5.74, 6) is 0.565. The third kappa shape index (κ3) is 2.90. The normalized spacial score (nSPS) is 23.0. The summed E-state index contributed by atoms with van der Waals surface area (Å²) in [6.45, 7) is 11.8. The zero-order chi connectivity index (χ0) is 17.0. The highest BCUT2D eigenvalue weighted by Gasteiger charge is 2.51. The summed E-state index contributed by atoms with van der Waals surface area (Å²) in [6, 6.07) is 5.42. The molecule has 0 bridgehead atoms. The van der Waals surface area contributed by atoms with Gasteiger partial charge in [-0.25, -0.2) is 0 Å². The lowest BCUT2D eigenvalue weighted by Crippen LogP contribution is -2.48. The van der Waals surface area contributed by atoms with Gasteiger partial charge in [0, 0.05) is 13.1 Å². The maximum Gasteiger partial charge on any atom is 0.494 e. The number of hydrogen-bond donors (Lipinski definition) is 0. The molecule has 0 aliphatic carbocycles. The van der Waals surface area contributed by atoms with Crippen LogP contribution in [0.1, 0.15) is 45.0 Å². The molecule has 2 fully saturated rings. The average Bonchev–Trinajstić information content (AvgIpc) is 2.63. The first-order chi connectivity index (χ1) is 10.6. The number of nitrogens with zero attached hydrogens (tertiary/aromatic N) is 1. The van der Waals surface area contributed by atoms with Crippen molar-refractivity contribution in [3.63, 3.8) is 0 Å². The van der Waals surface area contributed by atoms with Gasteiger partial charge in [0.25, 0.3) is 5.91 Å². The van der Waals surface area contributed by atoms with Gasteiger partial charge < -0.3 is 14.2 Å². The number of carbonyl (C=O) groups is 1. The molecule has 2 aliphatic heterocycles. The Kier molecular flexibility index (Phi) is 4.02. The average molecular weight is 336 g/mol. The summed E-state index contributed by atoms with van der Waals surface area (Å²) >= 11 is 6.35. The van der Waals surface area contributed by atoms with Gasteiger partial charge in [-0.05, 0) is 51.2 Å². The molecule has 1 amide bonds. The molecule has 124 valence electrons. The van der Waals surface area contributed by atoms with Crippen molar-refractivity contribution in [3.8, 4) is 0 Å². The minimum absolute atomic E-state index is 0.00596. The molecule has 0 aromatic heterocycles. The highest BCUT2D eigenvalue weighted by atomic mass is 35.5. The standard InChI is InChI=1S/C17H23BClNO3/c1-11-9-20(10-11)15(21)13-7-6-12(8-14(13)19)18-22-16(2,3)17(4,5)23-18/h6-8,11H,9-10H2,1-5H3. The fourth-order valence-corrected chi connectivity index (χ4v) is 3.14. The van der Waals surface area contributed by atoms with Crippen LogP contribution in [0.25, 0.3) is 0 Å². The van der Waals surface area contributed by atoms with Gasteiger partial charge in [0.1, 0.15) is 0 Å². The Bertz CT molecular complexity index is 625. The van der Waals surface area contributed by atoms with E-state index < -0.39 is 18.3 Å². The van der Waals surface area contributed by atoms with Crippen LogP contribution in [0.2, 0.25) is 5.02 Å². The predicted molar refractivity (Wildman–Crippen MR) is 92.2 cm³/mol. The second kappa shape index (κ2) is 5.50. The van der Waals surface area contributed by atoms with Gasteiger partial charge in [-0.1, -0.05) is 24.6 Å². The van der Waals surface area contributed by atoms with Crippen molar-refractivity contribution < 1.29 is 14.1 Å². The van der Waals surface area contributed by atoms with E-state index in [-0.39, 0.29) is 5.91 Å². The molecule has 0 spiro atoms. The lowest BCUT2D eigenvalue weighted by atomic mass is 9.78. The van der Waals surface area contributed by atoms with Crippen LogP contribution < -0.4 is 5.46 Å². The van der Waals surface area contributed by atoms with Gasteiger partial charge in [0.2, 0.25) is 0 Å². The fraction of sp³-hybridized carbons (Fsp3) is 0.588. The molecule has 1 aromatic rings. The van der Waals surface area contributed by atoms with E-state index in [1.807, 2.05) is 38.7 Å². The van der Waals surface area contributed by atoms with Gasteiger partial charge in [0.15, 0.2) is 0 Å². The molecule has 2 heterocycles. The molecule has 0 unspecified atom stereocenters. The molecule has 0 radical (unpaired) electrons. The van der Waals surface area contributed by atoms with E-state index in [1.54, 1.807) is 12.1 Å². The molecule has 1 aromatic carbocycles. The molecule has 6 heteroatoms. The second-order valence-corrected chi connectivity index (χ2v) is 8.05. The van der Waals surface area contributed by atoms with E-state index in [0.717, 1.165) is 18.6 Å². The van der Waals surface area contributed by atoms with Crippen LogP contribution in [0.3, 0.4) is 0 Å². The summed E-state index contributed by atoms with van der Waals surface area (Å²) in [7, 11) is -0.467. The molecule has 2 saturated heterocycles. The Hall–Kier alpha value is -1.04. The molecular formula is C17H23BClNO3. The maximum atomic E-state index is 12.4. The molecule has 3 rings (SSSR count). The second-order valence-electron chi connectivity index (χ2n) is 7.64. The van der Waals surface area contributed by atoms with Gasteiger partial charge in [-0.3, -0.25) is 4.79 Å². The number of halogens is 1. The van der Waals surface area contributed by atoms with E-state index >= 15 is 0 Å². The summed E-state index contributed by atoms with van der Waals surface area (Å²) in [6.07, 6.45) is 0. The van der Waals surface area contributed by atoms with E-state index in [4.69, 9.17) is 20.9 Å². The van der Waals surface area contributed by atoms with Gasteiger partial charge in [0.05, 0.1) is 21.8 Å². The lowest BCUT2D eigenvalue weighted by Gasteiger charge is -2.37. The number of hydrogen-bond acceptors (Lipinski definition) is 3. The number of likely N-dealkylation sites (tertiary alicyclic amines) is 1. The first kappa shape index (κ1) is 16.8. The number of amides is 1. The Morgan fingerprint density at radius 3 is 2.26 bits per heavy atom. The Balaban J connectivity index is 1.79. The van der Waals surface area contributed by atoms with Crippen LogP contribution in [0.4, 0.5) is 0 Å². The Morgan fingerprint density at radius 2 is 1.78 bits per heavy atom. The van der Waals surface area contributed by atoms with Crippen LogP contribution >= 0.6 is 11.6 Å². The third-order valence-electron chi connectivity index (χ3n) is 5.10. The Labute approximate surface area is 143 Å². The highest BCUT2D eigenvalue weighted by Crippen LogP contribution is 2.36. The molecule has 0 N–H and O–H groups in total. The van der Waals surface area contributed by atoms with Crippen LogP contribution in [0.15, 0.2) is 18.2 Å². The van der Waals surface area contributed by atoms with Crippen molar-refractivity contribution in [1.82, 2.24) is 4.90 Å².